The number of carbonyl (C=O) groups is 3. The van der Waals surface area contributed by atoms with Crippen LogP contribution in [-0.4, -0.2) is 42.6 Å². The molecule has 108 valence electrons. The van der Waals surface area contributed by atoms with Gasteiger partial charge in [0, 0.05) is 7.05 Å². The molecule has 3 atom stereocenters. The summed E-state index contributed by atoms with van der Waals surface area (Å²) in [5, 5.41) is 16.5. The van der Waals surface area contributed by atoms with Crippen LogP contribution in [0.25, 0.3) is 0 Å². The molecule has 0 radical (unpaired) electrons. The Balaban J connectivity index is 2.37. The molecule has 1 saturated carbocycles. The van der Waals surface area contributed by atoms with E-state index in [1.807, 2.05) is 0 Å². The maximum absolute atomic E-state index is 11.6. The largest absolute Gasteiger partial charge is 0.481 e. The fraction of sp³-hybridized carbons (Fsp3) is 0.750. The molecule has 1 aliphatic rings. The summed E-state index contributed by atoms with van der Waals surface area (Å²) in [6, 6.07) is -1.09. The van der Waals surface area contributed by atoms with Crippen LogP contribution in [0, 0.1) is 11.8 Å². The van der Waals surface area contributed by atoms with Crippen LogP contribution in [0.1, 0.15) is 26.2 Å². The molecular weight excluding hydrogens is 250 g/mol. The molecule has 19 heavy (non-hydrogen) atoms. The summed E-state index contributed by atoms with van der Waals surface area (Å²) in [7, 11) is 1.43. The smallest absolute Gasteiger partial charge is 0.321 e. The highest BCUT2D eigenvalue weighted by atomic mass is 16.4. The van der Waals surface area contributed by atoms with Gasteiger partial charge in [0.05, 0.1) is 12.0 Å². The van der Waals surface area contributed by atoms with E-state index in [9.17, 15) is 14.4 Å². The van der Waals surface area contributed by atoms with Crippen LogP contribution in [0.4, 0.5) is 4.79 Å². The van der Waals surface area contributed by atoms with E-state index in [0.29, 0.717) is 13.0 Å². The van der Waals surface area contributed by atoms with Crippen LogP contribution >= 0.6 is 0 Å². The molecule has 0 aromatic heterocycles. The van der Waals surface area contributed by atoms with Crippen LogP contribution in [0.2, 0.25) is 0 Å². The van der Waals surface area contributed by atoms with Gasteiger partial charge in [0.1, 0.15) is 0 Å². The molecule has 1 rings (SSSR count). The van der Waals surface area contributed by atoms with Crippen LogP contribution in [0.3, 0.4) is 0 Å². The van der Waals surface area contributed by atoms with Crippen LogP contribution in [0.5, 0.6) is 0 Å². The molecular formula is C12H21N3O4. The fourth-order valence-corrected chi connectivity index (χ4v) is 2.31. The van der Waals surface area contributed by atoms with E-state index in [1.165, 1.54) is 7.05 Å². The number of carbonyl (C=O) groups excluding carboxylic acids is 2. The predicted octanol–water partition coefficient (Wildman–Crippen LogP) is -0.0790. The van der Waals surface area contributed by atoms with Gasteiger partial charge in [-0.1, -0.05) is 6.42 Å². The van der Waals surface area contributed by atoms with Gasteiger partial charge in [0.25, 0.3) is 0 Å². The molecule has 0 spiro atoms. The van der Waals surface area contributed by atoms with Gasteiger partial charge >= 0.3 is 12.0 Å². The Morgan fingerprint density at radius 2 is 2.00 bits per heavy atom. The number of carboxylic acids is 1. The SMILES string of the molecule is CNC(=O)NC(=O)C(C)NCC1CCCC1C(=O)O. The summed E-state index contributed by atoms with van der Waals surface area (Å²) in [6.45, 7) is 2.11. The zero-order chi connectivity index (χ0) is 14.4. The maximum Gasteiger partial charge on any atom is 0.321 e. The number of urea groups is 1. The average Bonchev–Trinajstić information content (AvgIpc) is 2.83. The van der Waals surface area contributed by atoms with Crippen LogP contribution in [0.15, 0.2) is 0 Å². The Labute approximate surface area is 112 Å². The Morgan fingerprint density at radius 3 is 2.58 bits per heavy atom. The van der Waals surface area contributed by atoms with Gasteiger partial charge in [-0.2, -0.15) is 0 Å². The summed E-state index contributed by atoms with van der Waals surface area (Å²) >= 11 is 0. The number of amides is 3. The second-order valence-electron chi connectivity index (χ2n) is 4.83. The lowest BCUT2D eigenvalue weighted by Gasteiger charge is -2.19. The monoisotopic (exact) mass is 271 g/mol. The highest BCUT2D eigenvalue weighted by Crippen LogP contribution is 2.31. The van der Waals surface area contributed by atoms with Gasteiger partial charge in [0.15, 0.2) is 0 Å². The standard InChI is InChI=1S/C12H21N3O4/c1-7(10(16)15-12(19)13-2)14-6-8-4-3-5-9(8)11(17)18/h7-9,14H,3-6H2,1-2H3,(H,17,18)(H2,13,15,16,19). The third-order valence-electron chi connectivity index (χ3n) is 3.52. The van der Waals surface area contributed by atoms with Crippen molar-refractivity contribution in [2.24, 2.45) is 11.8 Å². The van der Waals surface area contributed by atoms with Gasteiger partial charge < -0.3 is 15.7 Å². The maximum atomic E-state index is 11.6. The number of imide groups is 1. The van der Waals surface area contributed by atoms with Crippen molar-refractivity contribution in [3.05, 3.63) is 0 Å². The van der Waals surface area contributed by atoms with Crippen LogP contribution < -0.4 is 16.0 Å². The van der Waals surface area contributed by atoms with Gasteiger partial charge in [-0.15, -0.1) is 0 Å². The molecule has 0 aliphatic heterocycles. The van der Waals surface area contributed by atoms with E-state index in [1.54, 1.807) is 6.92 Å². The van der Waals surface area contributed by atoms with Crippen molar-refractivity contribution in [1.29, 1.82) is 0 Å². The highest BCUT2D eigenvalue weighted by Gasteiger charge is 2.33. The Hall–Kier alpha value is -1.63. The molecule has 1 fully saturated rings. The van der Waals surface area contributed by atoms with Crippen molar-refractivity contribution in [2.75, 3.05) is 13.6 Å². The van der Waals surface area contributed by atoms with E-state index in [-0.39, 0.29) is 11.8 Å². The molecule has 0 heterocycles. The minimum absolute atomic E-state index is 0.0488. The van der Waals surface area contributed by atoms with Gasteiger partial charge in [-0.3, -0.25) is 14.9 Å². The summed E-state index contributed by atoms with van der Waals surface area (Å²) in [4.78, 5) is 33.6. The van der Waals surface area contributed by atoms with Crippen molar-refractivity contribution < 1.29 is 19.5 Å². The summed E-state index contributed by atoms with van der Waals surface area (Å²) in [5.41, 5.74) is 0. The van der Waals surface area contributed by atoms with Crippen LogP contribution in [-0.2, 0) is 9.59 Å². The lowest BCUT2D eigenvalue weighted by Crippen LogP contribution is -2.48. The predicted molar refractivity (Wildman–Crippen MR) is 68.5 cm³/mol. The molecule has 0 bridgehead atoms. The molecule has 3 unspecified atom stereocenters. The molecule has 7 nitrogen and oxygen atoms in total. The van der Waals surface area contributed by atoms with E-state index < -0.39 is 23.9 Å². The normalized spacial score (nSPS) is 23.7. The lowest BCUT2D eigenvalue weighted by molar-refractivity contribution is -0.142. The summed E-state index contributed by atoms with van der Waals surface area (Å²) in [5.74, 6) is -1.48. The second-order valence-corrected chi connectivity index (χ2v) is 4.83. The van der Waals surface area contributed by atoms with Crippen molar-refractivity contribution >= 4 is 17.9 Å². The minimum Gasteiger partial charge on any atom is -0.481 e. The topological polar surface area (TPSA) is 108 Å². The van der Waals surface area contributed by atoms with Gasteiger partial charge in [0.2, 0.25) is 5.91 Å². The van der Waals surface area contributed by atoms with E-state index in [0.717, 1.165) is 12.8 Å². The number of hydrogen-bond acceptors (Lipinski definition) is 4. The fourth-order valence-electron chi connectivity index (χ4n) is 2.31. The molecule has 4 N–H and O–H groups in total. The highest BCUT2D eigenvalue weighted by molar-refractivity contribution is 5.96. The van der Waals surface area contributed by atoms with Crippen molar-refractivity contribution in [1.82, 2.24) is 16.0 Å². The van der Waals surface area contributed by atoms with Gasteiger partial charge in [-0.25, -0.2) is 4.79 Å². The summed E-state index contributed by atoms with van der Waals surface area (Å²) in [6.07, 6.45) is 2.45. The molecule has 0 aromatic carbocycles. The number of hydrogen-bond donors (Lipinski definition) is 4. The average molecular weight is 271 g/mol. The molecule has 3 amide bonds. The van der Waals surface area contributed by atoms with E-state index in [2.05, 4.69) is 16.0 Å². The first kappa shape index (κ1) is 15.4. The third-order valence-corrected chi connectivity index (χ3v) is 3.52. The minimum atomic E-state index is -0.772. The van der Waals surface area contributed by atoms with E-state index >= 15 is 0 Å². The first-order chi connectivity index (χ1) is 8.95. The van der Waals surface area contributed by atoms with Gasteiger partial charge in [-0.05, 0) is 32.2 Å². The van der Waals surface area contributed by atoms with Crippen molar-refractivity contribution in [3.63, 3.8) is 0 Å². The number of aliphatic carboxylic acids is 1. The Bertz CT molecular complexity index is 359. The lowest BCUT2D eigenvalue weighted by atomic mass is 9.96. The number of nitrogens with one attached hydrogen (secondary N) is 3. The molecule has 1 aliphatic carbocycles. The first-order valence-corrected chi connectivity index (χ1v) is 6.44. The van der Waals surface area contributed by atoms with Crippen molar-refractivity contribution in [3.8, 4) is 0 Å². The number of carboxylic acid groups (broad SMARTS) is 1. The van der Waals surface area contributed by atoms with E-state index in [4.69, 9.17) is 5.11 Å². The zero-order valence-electron chi connectivity index (χ0n) is 11.2. The first-order valence-electron chi connectivity index (χ1n) is 6.44. The Morgan fingerprint density at radius 1 is 1.32 bits per heavy atom. The van der Waals surface area contributed by atoms with Crippen molar-refractivity contribution in [2.45, 2.75) is 32.2 Å². The zero-order valence-corrected chi connectivity index (χ0v) is 11.2. The second kappa shape index (κ2) is 7.08. The molecule has 7 heteroatoms. The molecule has 0 saturated heterocycles. The Kier molecular flexibility index (Phi) is 5.75. The number of rotatable bonds is 5. The summed E-state index contributed by atoms with van der Waals surface area (Å²) < 4.78 is 0. The molecule has 0 aromatic rings. The quantitative estimate of drug-likeness (QED) is 0.559. The third kappa shape index (κ3) is 4.51.